The van der Waals surface area contributed by atoms with Crippen LogP contribution in [0.1, 0.15) is 18.2 Å². The summed E-state index contributed by atoms with van der Waals surface area (Å²) in [5.74, 6) is 2.18. The molecule has 5 heteroatoms. The van der Waals surface area contributed by atoms with E-state index in [0.29, 0.717) is 18.0 Å². The second kappa shape index (κ2) is 6.65. The van der Waals surface area contributed by atoms with Gasteiger partial charge in [-0.15, -0.1) is 0 Å². The molecule has 0 unspecified atom stereocenters. The molecule has 5 nitrogen and oxygen atoms in total. The average molecular weight is 274 g/mol. The molecule has 1 aromatic carbocycles. The van der Waals surface area contributed by atoms with E-state index >= 15 is 0 Å². The van der Waals surface area contributed by atoms with Gasteiger partial charge in [-0.2, -0.15) is 5.10 Å². The fourth-order valence-electron chi connectivity index (χ4n) is 1.78. The van der Waals surface area contributed by atoms with E-state index in [4.69, 9.17) is 13.9 Å². The highest BCUT2D eigenvalue weighted by Crippen LogP contribution is 2.27. The maximum Gasteiger partial charge on any atom is 0.161 e. The number of ether oxygens (including phenoxy) is 2. The molecule has 0 saturated heterocycles. The molecular formula is C15H18N2O3. The van der Waals surface area contributed by atoms with E-state index in [1.165, 1.54) is 0 Å². The van der Waals surface area contributed by atoms with Crippen LogP contribution in [0.3, 0.4) is 0 Å². The molecule has 0 atom stereocenters. The summed E-state index contributed by atoms with van der Waals surface area (Å²) in [4.78, 5) is 0. The summed E-state index contributed by atoms with van der Waals surface area (Å²) in [6, 6.07) is 9.47. The first-order chi connectivity index (χ1) is 9.74. The molecule has 0 aliphatic rings. The van der Waals surface area contributed by atoms with Gasteiger partial charge in [0.25, 0.3) is 0 Å². The van der Waals surface area contributed by atoms with E-state index in [0.717, 1.165) is 17.0 Å². The van der Waals surface area contributed by atoms with Crippen molar-refractivity contribution in [3.8, 4) is 11.5 Å². The summed E-state index contributed by atoms with van der Waals surface area (Å²) in [6.45, 7) is 2.48. The maximum atomic E-state index is 5.26. The van der Waals surface area contributed by atoms with E-state index in [2.05, 4.69) is 10.5 Å². The minimum atomic E-state index is 0.596. The zero-order valence-electron chi connectivity index (χ0n) is 11.8. The molecule has 0 fully saturated rings. The van der Waals surface area contributed by atoms with Crippen molar-refractivity contribution < 1.29 is 13.9 Å². The van der Waals surface area contributed by atoms with Gasteiger partial charge in [-0.3, -0.25) is 0 Å². The minimum absolute atomic E-state index is 0.596. The van der Waals surface area contributed by atoms with Crippen molar-refractivity contribution in [1.82, 2.24) is 5.43 Å². The predicted molar refractivity (Wildman–Crippen MR) is 77.3 cm³/mol. The number of hydrogen-bond acceptors (Lipinski definition) is 5. The van der Waals surface area contributed by atoms with Crippen molar-refractivity contribution in [3.05, 3.63) is 47.9 Å². The Bertz CT molecular complexity index is 577. The van der Waals surface area contributed by atoms with Crippen molar-refractivity contribution in [2.75, 3.05) is 14.2 Å². The SMILES string of the molecule is COc1ccc(CN/N=C(/C)c2ccco2)cc1OC. The molecule has 0 radical (unpaired) electrons. The summed E-state index contributed by atoms with van der Waals surface area (Å²) in [7, 11) is 3.24. The molecule has 0 saturated carbocycles. The van der Waals surface area contributed by atoms with Crippen molar-refractivity contribution in [3.63, 3.8) is 0 Å². The van der Waals surface area contributed by atoms with Crippen LogP contribution in [0.25, 0.3) is 0 Å². The Kier molecular flexibility index (Phi) is 4.65. The topological polar surface area (TPSA) is 56.0 Å². The van der Waals surface area contributed by atoms with Crippen LogP contribution in [-0.4, -0.2) is 19.9 Å². The molecule has 1 aromatic heterocycles. The zero-order valence-corrected chi connectivity index (χ0v) is 11.8. The third-order valence-corrected chi connectivity index (χ3v) is 2.86. The molecule has 2 rings (SSSR count). The van der Waals surface area contributed by atoms with Crippen molar-refractivity contribution in [2.24, 2.45) is 5.10 Å². The van der Waals surface area contributed by atoms with Crippen LogP contribution in [0.4, 0.5) is 0 Å². The first-order valence-electron chi connectivity index (χ1n) is 6.26. The smallest absolute Gasteiger partial charge is 0.161 e. The van der Waals surface area contributed by atoms with Crippen LogP contribution in [0.5, 0.6) is 11.5 Å². The van der Waals surface area contributed by atoms with Gasteiger partial charge in [0.2, 0.25) is 0 Å². The predicted octanol–water partition coefficient (Wildman–Crippen LogP) is 2.81. The zero-order chi connectivity index (χ0) is 14.4. The standard InChI is InChI=1S/C15H18N2O3/c1-11(13-5-4-8-20-13)17-16-10-12-6-7-14(18-2)15(9-12)19-3/h4-9,16H,10H2,1-3H3/b17-11-. The van der Waals surface area contributed by atoms with Gasteiger partial charge < -0.3 is 19.3 Å². The highest BCUT2D eigenvalue weighted by atomic mass is 16.5. The summed E-state index contributed by atoms with van der Waals surface area (Å²) in [5, 5.41) is 4.26. The Labute approximate surface area is 118 Å². The van der Waals surface area contributed by atoms with E-state index in [-0.39, 0.29) is 0 Å². The highest BCUT2D eigenvalue weighted by molar-refractivity contribution is 5.95. The molecular weight excluding hydrogens is 256 g/mol. The van der Waals surface area contributed by atoms with Crippen LogP contribution in [0.2, 0.25) is 0 Å². The third kappa shape index (κ3) is 3.32. The lowest BCUT2D eigenvalue weighted by atomic mass is 10.2. The summed E-state index contributed by atoms with van der Waals surface area (Å²) in [6.07, 6.45) is 1.63. The Hall–Kier alpha value is -2.43. The fraction of sp³-hybridized carbons (Fsp3) is 0.267. The van der Waals surface area contributed by atoms with Gasteiger partial charge >= 0.3 is 0 Å². The lowest BCUT2D eigenvalue weighted by Gasteiger charge is -2.09. The number of nitrogens with zero attached hydrogens (tertiary/aromatic N) is 1. The monoisotopic (exact) mass is 274 g/mol. The van der Waals surface area contributed by atoms with Gasteiger partial charge in [0, 0.05) is 0 Å². The summed E-state index contributed by atoms with van der Waals surface area (Å²) >= 11 is 0. The van der Waals surface area contributed by atoms with Gasteiger partial charge in [-0.25, -0.2) is 0 Å². The van der Waals surface area contributed by atoms with Gasteiger partial charge in [0.1, 0.15) is 5.76 Å². The second-order valence-corrected chi connectivity index (χ2v) is 4.20. The molecule has 0 bridgehead atoms. The highest BCUT2D eigenvalue weighted by Gasteiger charge is 2.04. The van der Waals surface area contributed by atoms with Crippen molar-refractivity contribution >= 4 is 5.71 Å². The van der Waals surface area contributed by atoms with Crippen molar-refractivity contribution in [2.45, 2.75) is 13.5 Å². The first-order valence-corrected chi connectivity index (χ1v) is 6.26. The van der Waals surface area contributed by atoms with Crippen LogP contribution in [0.15, 0.2) is 46.1 Å². The summed E-state index contributed by atoms with van der Waals surface area (Å²) < 4.78 is 15.7. The minimum Gasteiger partial charge on any atom is -0.493 e. The number of methoxy groups -OCH3 is 2. The van der Waals surface area contributed by atoms with Crippen molar-refractivity contribution in [1.29, 1.82) is 0 Å². The lowest BCUT2D eigenvalue weighted by Crippen LogP contribution is -2.09. The van der Waals surface area contributed by atoms with Gasteiger partial charge in [-0.1, -0.05) is 6.07 Å². The molecule has 0 amide bonds. The first kappa shape index (κ1) is 14.0. The Balaban J connectivity index is 1.99. The number of rotatable bonds is 6. The second-order valence-electron chi connectivity index (χ2n) is 4.20. The van der Waals surface area contributed by atoms with Crippen LogP contribution >= 0.6 is 0 Å². The Morgan fingerprint density at radius 3 is 2.65 bits per heavy atom. The number of benzene rings is 1. The largest absolute Gasteiger partial charge is 0.493 e. The van der Waals surface area contributed by atoms with E-state index in [9.17, 15) is 0 Å². The lowest BCUT2D eigenvalue weighted by molar-refractivity contribution is 0.354. The molecule has 106 valence electrons. The number of hydrazone groups is 1. The molecule has 20 heavy (non-hydrogen) atoms. The molecule has 1 heterocycles. The molecule has 1 N–H and O–H groups in total. The van der Waals surface area contributed by atoms with Crippen LogP contribution < -0.4 is 14.9 Å². The molecule has 0 spiro atoms. The number of furan rings is 1. The number of hydrogen-bond donors (Lipinski definition) is 1. The van der Waals surface area contributed by atoms with Crippen LogP contribution in [0, 0.1) is 0 Å². The molecule has 0 aliphatic heterocycles. The summed E-state index contributed by atoms with van der Waals surface area (Å²) in [5.41, 5.74) is 4.87. The van der Waals surface area contributed by atoms with E-state index in [1.54, 1.807) is 20.5 Å². The third-order valence-electron chi connectivity index (χ3n) is 2.86. The number of nitrogens with one attached hydrogen (secondary N) is 1. The van der Waals surface area contributed by atoms with Crippen LogP contribution in [-0.2, 0) is 6.54 Å². The van der Waals surface area contributed by atoms with Gasteiger partial charge in [0.15, 0.2) is 11.5 Å². The van der Waals surface area contributed by atoms with Gasteiger partial charge in [0.05, 0.1) is 32.7 Å². The normalized spacial score (nSPS) is 11.2. The molecule has 0 aliphatic carbocycles. The van der Waals surface area contributed by atoms with E-state index < -0.39 is 0 Å². The fourth-order valence-corrected chi connectivity index (χ4v) is 1.78. The Morgan fingerprint density at radius 1 is 1.20 bits per heavy atom. The maximum absolute atomic E-state index is 5.26. The Morgan fingerprint density at radius 2 is 2.00 bits per heavy atom. The average Bonchev–Trinajstić information content (AvgIpc) is 3.01. The molecule has 2 aromatic rings. The quantitative estimate of drug-likeness (QED) is 0.650. The van der Waals surface area contributed by atoms with Gasteiger partial charge in [-0.05, 0) is 36.8 Å². The van der Waals surface area contributed by atoms with E-state index in [1.807, 2.05) is 37.3 Å².